The Morgan fingerprint density at radius 2 is 1.70 bits per heavy atom. The first-order chi connectivity index (χ1) is 12.6. The van der Waals surface area contributed by atoms with Crippen LogP contribution in [0.15, 0.2) is 22.8 Å². The third-order valence-corrected chi connectivity index (χ3v) is 10.2. The molecule has 1 heterocycles. The third-order valence-electron chi connectivity index (χ3n) is 5.62. The van der Waals surface area contributed by atoms with Crippen molar-refractivity contribution in [3.8, 4) is 5.75 Å². The van der Waals surface area contributed by atoms with Gasteiger partial charge < -0.3 is 23.1 Å². The molecule has 152 valence electrons. The Hall–Kier alpha value is -1.34. The molecule has 0 saturated carbocycles. The Balaban J connectivity index is 2.28. The number of rotatable bonds is 9. The van der Waals surface area contributed by atoms with Crippen LogP contribution in [0.5, 0.6) is 5.75 Å². The summed E-state index contributed by atoms with van der Waals surface area (Å²) in [6.07, 6.45) is 2.96. The zero-order valence-corrected chi connectivity index (χ0v) is 19.0. The van der Waals surface area contributed by atoms with E-state index in [2.05, 4.69) is 39.9 Å². The lowest BCUT2D eigenvalue weighted by molar-refractivity contribution is -0.100. The second-order valence-corrected chi connectivity index (χ2v) is 13.2. The molecule has 0 radical (unpaired) electrons. The van der Waals surface area contributed by atoms with E-state index in [1.54, 1.807) is 21.3 Å². The minimum atomic E-state index is -1.77. The van der Waals surface area contributed by atoms with E-state index in [0.717, 1.165) is 34.3 Å². The Morgan fingerprint density at radius 1 is 1.04 bits per heavy atom. The van der Waals surface area contributed by atoms with Crippen LogP contribution in [-0.2, 0) is 26.7 Å². The molecule has 0 aliphatic carbocycles. The maximum absolute atomic E-state index is 6.35. The van der Waals surface area contributed by atoms with Crippen LogP contribution in [-0.4, -0.2) is 42.5 Å². The summed E-state index contributed by atoms with van der Waals surface area (Å²) in [4.78, 5) is 0. The molecule has 0 unspecified atom stereocenters. The van der Waals surface area contributed by atoms with Crippen molar-refractivity contribution in [2.24, 2.45) is 0 Å². The van der Waals surface area contributed by atoms with Crippen LogP contribution < -0.4 is 4.74 Å². The van der Waals surface area contributed by atoms with Crippen molar-refractivity contribution in [1.82, 2.24) is 0 Å². The Kier molecular flexibility index (Phi) is 7.13. The molecule has 0 saturated heterocycles. The second kappa shape index (κ2) is 8.77. The number of ether oxygens (including phenoxy) is 3. The van der Waals surface area contributed by atoms with Gasteiger partial charge in [-0.3, -0.25) is 0 Å². The minimum absolute atomic E-state index is 0.198. The molecule has 27 heavy (non-hydrogen) atoms. The van der Waals surface area contributed by atoms with E-state index in [1.807, 2.05) is 12.3 Å². The molecule has 1 aromatic carbocycles. The fourth-order valence-electron chi connectivity index (χ4n) is 2.85. The standard InChI is InChI=1S/C21H34O5Si/c1-21(2,3)27(7,8)26-12-11-16-14-25-20-17(22-4)10-9-15(19(16)20)13-18(23-5)24-6/h9-10,14,18H,11-13H2,1-8H3. The van der Waals surface area contributed by atoms with Gasteiger partial charge in [-0.05, 0) is 36.2 Å². The quantitative estimate of drug-likeness (QED) is 0.434. The van der Waals surface area contributed by atoms with Crippen molar-refractivity contribution in [2.75, 3.05) is 27.9 Å². The van der Waals surface area contributed by atoms with Gasteiger partial charge in [0.05, 0.1) is 13.4 Å². The fraction of sp³-hybridized carbons (Fsp3) is 0.619. The van der Waals surface area contributed by atoms with E-state index in [1.165, 1.54) is 0 Å². The van der Waals surface area contributed by atoms with Crippen LogP contribution in [0.2, 0.25) is 18.1 Å². The Morgan fingerprint density at radius 3 is 2.26 bits per heavy atom. The van der Waals surface area contributed by atoms with Gasteiger partial charge in [0.25, 0.3) is 0 Å². The highest BCUT2D eigenvalue weighted by Crippen LogP contribution is 2.37. The van der Waals surface area contributed by atoms with Crippen LogP contribution in [0, 0.1) is 0 Å². The number of hydrogen-bond acceptors (Lipinski definition) is 5. The monoisotopic (exact) mass is 394 g/mol. The van der Waals surface area contributed by atoms with Gasteiger partial charge in [-0.2, -0.15) is 0 Å². The number of fused-ring (bicyclic) bond motifs is 1. The van der Waals surface area contributed by atoms with E-state index < -0.39 is 8.32 Å². The van der Waals surface area contributed by atoms with Crippen molar-refractivity contribution in [3.63, 3.8) is 0 Å². The van der Waals surface area contributed by atoms with E-state index in [-0.39, 0.29) is 11.3 Å². The van der Waals surface area contributed by atoms with Crippen LogP contribution in [0.3, 0.4) is 0 Å². The van der Waals surface area contributed by atoms with Crippen molar-refractivity contribution >= 4 is 19.3 Å². The molecule has 0 aliphatic heterocycles. The number of hydrogen-bond donors (Lipinski definition) is 0. The van der Waals surface area contributed by atoms with Gasteiger partial charge in [0.15, 0.2) is 25.9 Å². The van der Waals surface area contributed by atoms with E-state index in [0.29, 0.717) is 13.0 Å². The van der Waals surface area contributed by atoms with Gasteiger partial charge in [0, 0.05) is 38.2 Å². The van der Waals surface area contributed by atoms with Crippen molar-refractivity contribution in [1.29, 1.82) is 0 Å². The molecule has 0 N–H and O–H groups in total. The predicted octanol–water partition coefficient (Wildman–Crippen LogP) is 5.17. The van der Waals surface area contributed by atoms with Gasteiger partial charge in [-0.15, -0.1) is 0 Å². The smallest absolute Gasteiger partial charge is 0.191 e. The van der Waals surface area contributed by atoms with Gasteiger partial charge in [-0.25, -0.2) is 0 Å². The largest absolute Gasteiger partial charge is 0.493 e. The first-order valence-electron chi connectivity index (χ1n) is 9.40. The normalized spacial score (nSPS) is 12.9. The molecular weight excluding hydrogens is 360 g/mol. The summed E-state index contributed by atoms with van der Waals surface area (Å²) in [6, 6.07) is 3.99. The topological polar surface area (TPSA) is 50.1 Å². The summed E-state index contributed by atoms with van der Waals surface area (Å²) in [7, 11) is 3.19. The maximum Gasteiger partial charge on any atom is 0.191 e. The molecule has 6 heteroatoms. The average Bonchev–Trinajstić information content (AvgIpc) is 3.03. The fourth-order valence-corrected chi connectivity index (χ4v) is 3.90. The highest BCUT2D eigenvalue weighted by Gasteiger charge is 2.37. The lowest BCUT2D eigenvalue weighted by Crippen LogP contribution is -2.41. The van der Waals surface area contributed by atoms with Gasteiger partial charge in [0.1, 0.15) is 0 Å². The molecule has 5 nitrogen and oxygen atoms in total. The van der Waals surface area contributed by atoms with Crippen LogP contribution >= 0.6 is 0 Å². The van der Waals surface area contributed by atoms with Crippen LogP contribution in [0.25, 0.3) is 11.0 Å². The summed E-state index contributed by atoms with van der Waals surface area (Å²) in [6.45, 7) is 12.0. The SMILES string of the molecule is COc1ccc(CC(OC)OC)c2c(CCO[Si](C)(C)C(C)(C)C)coc12. The Bertz CT molecular complexity index is 741. The lowest BCUT2D eigenvalue weighted by atomic mass is 10.0. The zero-order chi connectivity index (χ0) is 20.2. The molecule has 0 atom stereocenters. The van der Waals surface area contributed by atoms with Gasteiger partial charge in [-0.1, -0.05) is 26.8 Å². The highest BCUT2D eigenvalue weighted by molar-refractivity contribution is 6.74. The summed E-state index contributed by atoms with van der Waals surface area (Å²) in [5, 5.41) is 1.27. The van der Waals surface area contributed by atoms with E-state index in [4.69, 9.17) is 23.1 Å². The predicted molar refractivity (Wildman–Crippen MR) is 111 cm³/mol. The molecule has 0 bridgehead atoms. The van der Waals surface area contributed by atoms with Crippen LogP contribution in [0.4, 0.5) is 0 Å². The first kappa shape index (κ1) is 22.0. The summed E-state index contributed by atoms with van der Waals surface area (Å²) >= 11 is 0. The first-order valence-corrected chi connectivity index (χ1v) is 12.3. The van der Waals surface area contributed by atoms with Gasteiger partial charge >= 0.3 is 0 Å². The third kappa shape index (κ3) is 4.93. The number of methoxy groups -OCH3 is 3. The summed E-state index contributed by atoms with van der Waals surface area (Å²) < 4.78 is 28.5. The lowest BCUT2D eigenvalue weighted by Gasteiger charge is -2.36. The molecule has 0 aliphatic rings. The molecule has 1 aromatic heterocycles. The van der Waals surface area contributed by atoms with Crippen molar-refractivity contribution < 1.29 is 23.1 Å². The van der Waals surface area contributed by atoms with E-state index in [9.17, 15) is 0 Å². The van der Waals surface area contributed by atoms with Crippen molar-refractivity contribution in [2.45, 2.75) is 58.0 Å². The molecule has 2 aromatic rings. The average molecular weight is 395 g/mol. The Labute approximate surface area is 164 Å². The number of furan rings is 1. The molecule has 0 spiro atoms. The van der Waals surface area contributed by atoms with E-state index >= 15 is 0 Å². The minimum Gasteiger partial charge on any atom is -0.493 e. The van der Waals surface area contributed by atoms with Gasteiger partial charge in [0.2, 0.25) is 0 Å². The highest BCUT2D eigenvalue weighted by atomic mass is 28.4. The molecule has 0 amide bonds. The molecule has 0 fully saturated rings. The van der Waals surface area contributed by atoms with Crippen LogP contribution in [0.1, 0.15) is 31.9 Å². The zero-order valence-electron chi connectivity index (χ0n) is 18.0. The summed E-state index contributed by atoms with van der Waals surface area (Å²) in [5.41, 5.74) is 3.02. The second-order valence-electron chi connectivity index (χ2n) is 8.36. The molecule has 2 rings (SSSR count). The number of benzene rings is 1. The maximum atomic E-state index is 6.35. The summed E-state index contributed by atoms with van der Waals surface area (Å²) in [5.74, 6) is 0.733. The van der Waals surface area contributed by atoms with Crippen molar-refractivity contribution in [3.05, 3.63) is 29.5 Å². The molecular formula is C21H34O5Si.